The maximum Gasteiger partial charge on any atom is 0.172 e. The van der Waals surface area contributed by atoms with Crippen molar-refractivity contribution in [2.45, 2.75) is 35.8 Å². The lowest BCUT2D eigenvalue weighted by molar-refractivity contribution is 0.683. The first-order chi connectivity index (χ1) is 4.06. The molecule has 9 heavy (non-hydrogen) atoms. The van der Waals surface area contributed by atoms with Crippen LogP contribution in [0.1, 0.15) is 32.6 Å². The highest BCUT2D eigenvalue weighted by Gasteiger charge is 2.16. The van der Waals surface area contributed by atoms with Crippen molar-refractivity contribution in [3.05, 3.63) is 0 Å². The van der Waals surface area contributed by atoms with Gasteiger partial charge >= 0.3 is 0 Å². The first kappa shape index (κ1) is 10.1. The van der Waals surface area contributed by atoms with Gasteiger partial charge in [-0.05, 0) is 28.8 Å². The average Bonchev–Trinajstić information content (AvgIpc) is 1.63. The summed E-state index contributed by atoms with van der Waals surface area (Å²) in [6, 6.07) is 0. The fourth-order valence-corrected chi connectivity index (χ4v) is 1.12. The lowest BCUT2D eigenvalue weighted by atomic mass is 10.2. The molecule has 0 spiro atoms. The molecular weight excluding hydrogens is 223 g/mol. The van der Waals surface area contributed by atoms with E-state index in [1.165, 1.54) is 12.8 Å². The van der Waals surface area contributed by atoms with Crippen molar-refractivity contribution in [1.29, 1.82) is 0 Å². The Bertz CT molecular complexity index is 67.9. The molecule has 0 aromatic carbocycles. The van der Waals surface area contributed by atoms with Gasteiger partial charge in [-0.25, -0.2) is 0 Å². The number of hydrogen-bond acceptors (Lipinski definition) is 0. The standard InChI is InChI=1S/C6H11BrCl2/c1-2-3-4-5-6(7,8)9/h2-5H2,1H3. The Kier molecular flexibility index (Phi) is 5.38. The second-order valence-electron chi connectivity index (χ2n) is 2.07. The van der Waals surface area contributed by atoms with Crippen molar-refractivity contribution in [1.82, 2.24) is 0 Å². The van der Waals surface area contributed by atoms with Crippen LogP contribution in [0.25, 0.3) is 0 Å². The van der Waals surface area contributed by atoms with Crippen molar-refractivity contribution in [3.63, 3.8) is 0 Å². The maximum absolute atomic E-state index is 5.65. The molecule has 0 amide bonds. The van der Waals surface area contributed by atoms with Gasteiger partial charge < -0.3 is 0 Å². The molecule has 0 rings (SSSR count). The first-order valence-electron chi connectivity index (χ1n) is 3.13. The molecule has 0 saturated carbocycles. The van der Waals surface area contributed by atoms with E-state index in [4.69, 9.17) is 23.2 Å². The van der Waals surface area contributed by atoms with Gasteiger partial charge in [0.25, 0.3) is 0 Å². The maximum atomic E-state index is 5.65. The van der Waals surface area contributed by atoms with Gasteiger partial charge in [0.2, 0.25) is 0 Å². The van der Waals surface area contributed by atoms with Gasteiger partial charge in [-0.2, -0.15) is 0 Å². The van der Waals surface area contributed by atoms with Gasteiger partial charge in [-0.15, -0.1) is 0 Å². The molecule has 0 fully saturated rings. The summed E-state index contributed by atoms with van der Waals surface area (Å²) < 4.78 is -0.692. The van der Waals surface area contributed by atoms with E-state index in [0.29, 0.717) is 0 Å². The zero-order chi connectivity index (χ0) is 7.33. The van der Waals surface area contributed by atoms with Crippen LogP contribution in [0, 0.1) is 0 Å². The molecule has 0 aliphatic heterocycles. The Morgan fingerprint density at radius 1 is 1.33 bits per heavy atom. The molecule has 0 unspecified atom stereocenters. The van der Waals surface area contributed by atoms with Gasteiger partial charge in [0, 0.05) is 0 Å². The van der Waals surface area contributed by atoms with Crippen molar-refractivity contribution < 1.29 is 0 Å². The summed E-state index contributed by atoms with van der Waals surface area (Å²) in [5.41, 5.74) is 0. The first-order valence-corrected chi connectivity index (χ1v) is 4.68. The van der Waals surface area contributed by atoms with Crippen LogP contribution < -0.4 is 0 Å². The third-order valence-corrected chi connectivity index (χ3v) is 1.84. The molecular formula is C6H11BrCl2. The average molecular weight is 234 g/mol. The molecule has 56 valence electrons. The smallest absolute Gasteiger partial charge is 0.0888 e. The van der Waals surface area contributed by atoms with Crippen LogP contribution in [0.4, 0.5) is 0 Å². The zero-order valence-corrected chi connectivity index (χ0v) is 8.56. The summed E-state index contributed by atoms with van der Waals surface area (Å²) in [5, 5.41) is 0. The number of unbranched alkanes of at least 4 members (excludes halogenated alkanes) is 2. The summed E-state index contributed by atoms with van der Waals surface area (Å²) >= 11 is 14.4. The van der Waals surface area contributed by atoms with Crippen LogP contribution in [0.3, 0.4) is 0 Å². The Labute approximate surface area is 75.0 Å². The summed E-state index contributed by atoms with van der Waals surface area (Å²) in [7, 11) is 0. The highest BCUT2D eigenvalue weighted by Crippen LogP contribution is 2.34. The normalized spacial score (nSPS) is 12.0. The van der Waals surface area contributed by atoms with Crippen LogP contribution in [-0.2, 0) is 0 Å². The monoisotopic (exact) mass is 232 g/mol. The van der Waals surface area contributed by atoms with Crippen LogP contribution in [0.15, 0.2) is 0 Å². The summed E-state index contributed by atoms with van der Waals surface area (Å²) in [5.74, 6) is 0. The molecule has 0 nitrogen and oxygen atoms in total. The van der Waals surface area contributed by atoms with E-state index >= 15 is 0 Å². The van der Waals surface area contributed by atoms with E-state index in [-0.39, 0.29) is 0 Å². The fraction of sp³-hybridized carbons (Fsp3) is 1.00. The van der Waals surface area contributed by atoms with Crippen LogP contribution in [-0.4, -0.2) is 3.24 Å². The Balaban J connectivity index is 3.07. The second kappa shape index (κ2) is 4.81. The number of halogens is 3. The largest absolute Gasteiger partial charge is 0.172 e. The van der Waals surface area contributed by atoms with Crippen LogP contribution in [0.2, 0.25) is 0 Å². The quantitative estimate of drug-likeness (QED) is 0.507. The van der Waals surface area contributed by atoms with Gasteiger partial charge in [0.1, 0.15) is 0 Å². The molecule has 0 aliphatic rings. The van der Waals surface area contributed by atoms with Gasteiger partial charge in [-0.3, -0.25) is 0 Å². The lowest BCUT2D eigenvalue weighted by Crippen LogP contribution is -1.99. The third-order valence-electron chi connectivity index (χ3n) is 1.06. The van der Waals surface area contributed by atoms with E-state index in [9.17, 15) is 0 Å². The lowest BCUT2D eigenvalue weighted by Gasteiger charge is -2.08. The summed E-state index contributed by atoms with van der Waals surface area (Å²) in [4.78, 5) is 0. The Hall–Kier alpha value is 1.06. The Morgan fingerprint density at radius 3 is 2.22 bits per heavy atom. The molecule has 0 aromatic rings. The number of rotatable bonds is 4. The predicted octanol–water partition coefficient (Wildman–Crippen LogP) is 4.09. The van der Waals surface area contributed by atoms with Crippen molar-refractivity contribution >= 4 is 39.1 Å². The van der Waals surface area contributed by atoms with Gasteiger partial charge in [0.05, 0.1) is 0 Å². The predicted molar refractivity (Wildman–Crippen MR) is 47.5 cm³/mol. The van der Waals surface area contributed by atoms with Gasteiger partial charge in [0.15, 0.2) is 3.24 Å². The van der Waals surface area contributed by atoms with Crippen molar-refractivity contribution in [3.8, 4) is 0 Å². The SMILES string of the molecule is CCCCCC(Cl)(Cl)Br. The molecule has 0 saturated heterocycles. The third kappa shape index (κ3) is 9.06. The van der Waals surface area contributed by atoms with Crippen LogP contribution >= 0.6 is 39.1 Å². The molecule has 0 N–H and O–H groups in total. The highest BCUT2D eigenvalue weighted by atomic mass is 79.9. The zero-order valence-electron chi connectivity index (χ0n) is 5.46. The van der Waals surface area contributed by atoms with Crippen molar-refractivity contribution in [2.75, 3.05) is 0 Å². The van der Waals surface area contributed by atoms with Crippen molar-refractivity contribution in [2.24, 2.45) is 0 Å². The van der Waals surface area contributed by atoms with E-state index in [0.717, 1.165) is 12.8 Å². The molecule has 0 aliphatic carbocycles. The van der Waals surface area contributed by atoms with Gasteiger partial charge in [-0.1, -0.05) is 43.0 Å². The van der Waals surface area contributed by atoms with E-state index in [2.05, 4.69) is 22.9 Å². The molecule has 0 aromatic heterocycles. The fourth-order valence-electron chi connectivity index (χ4n) is 0.575. The highest BCUT2D eigenvalue weighted by molar-refractivity contribution is 9.11. The molecule has 3 heteroatoms. The minimum Gasteiger partial charge on any atom is -0.0888 e. The number of alkyl halides is 3. The molecule has 0 bridgehead atoms. The van der Waals surface area contributed by atoms with Crippen LogP contribution in [0.5, 0.6) is 0 Å². The molecule has 0 radical (unpaired) electrons. The molecule has 0 heterocycles. The topological polar surface area (TPSA) is 0 Å². The van der Waals surface area contributed by atoms with E-state index in [1.807, 2.05) is 0 Å². The summed E-state index contributed by atoms with van der Waals surface area (Å²) in [6.45, 7) is 2.15. The Morgan fingerprint density at radius 2 is 1.89 bits per heavy atom. The second-order valence-corrected chi connectivity index (χ2v) is 5.82. The summed E-state index contributed by atoms with van der Waals surface area (Å²) in [6.07, 6.45) is 4.32. The minimum absolute atomic E-state index is 0.692. The minimum atomic E-state index is -0.692. The number of hydrogen-bond donors (Lipinski definition) is 0. The van der Waals surface area contributed by atoms with E-state index in [1.54, 1.807) is 0 Å². The molecule has 0 atom stereocenters. The van der Waals surface area contributed by atoms with E-state index < -0.39 is 3.24 Å².